The van der Waals surface area contributed by atoms with Crippen molar-refractivity contribution in [2.75, 3.05) is 7.11 Å². The van der Waals surface area contributed by atoms with Crippen molar-refractivity contribution in [1.82, 2.24) is 0 Å². The fourth-order valence-corrected chi connectivity index (χ4v) is 2.72. The van der Waals surface area contributed by atoms with Gasteiger partial charge in [0.2, 0.25) is 0 Å². The summed E-state index contributed by atoms with van der Waals surface area (Å²) in [6, 6.07) is 6.83. The van der Waals surface area contributed by atoms with Crippen LogP contribution in [0.5, 0.6) is 23.0 Å². The van der Waals surface area contributed by atoms with Gasteiger partial charge in [-0.2, -0.15) is 0 Å². The molecule has 0 radical (unpaired) electrons. The number of hydrogen-bond acceptors (Lipinski definition) is 4. The van der Waals surface area contributed by atoms with E-state index in [1.54, 1.807) is 0 Å². The fourth-order valence-electron chi connectivity index (χ4n) is 1.59. The van der Waals surface area contributed by atoms with E-state index in [4.69, 9.17) is 37.2 Å². The van der Waals surface area contributed by atoms with Gasteiger partial charge in [-0.25, -0.2) is 4.21 Å². The molecule has 0 aliphatic heterocycles. The van der Waals surface area contributed by atoms with Crippen LogP contribution in [0.2, 0.25) is 10.0 Å². The Morgan fingerprint density at radius 1 is 1.10 bits per heavy atom. The molecule has 5 nitrogen and oxygen atoms in total. The fraction of sp³-hybridized carbons (Fsp3) is 0.0769. The predicted octanol–water partition coefficient (Wildman–Crippen LogP) is 4.08. The van der Waals surface area contributed by atoms with E-state index in [0.29, 0.717) is 0 Å². The van der Waals surface area contributed by atoms with Gasteiger partial charge in [0.15, 0.2) is 28.3 Å². The van der Waals surface area contributed by atoms with E-state index in [1.165, 1.54) is 37.4 Å². The molecule has 0 saturated carbocycles. The smallest absolute Gasteiger partial charge is 0.186 e. The summed E-state index contributed by atoms with van der Waals surface area (Å²) >= 11 is 9.82. The Balaban J connectivity index is 2.43. The first-order valence-corrected chi connectivity index (χ1v) is 7.43. The Morgan fingerprint density at radius 3 is 2.24 bits per heavy atom. The zero-order chi connectivity index (χ0) is 15.6. The number of ether oxygens (including phenoxy) is 2. The molecule has 1 unspecified atom stereocenters. The number of hydrogen-bond donors (Lipinski definition) is 2. The average Bonchev–Trinajstić information content (AvgIpc) is 2.43. The maximum atomic E-state index is 11.0. The topological polar surface area (TPSA) is 76.0 Å². The summed E-state index contributed by atoms with van der Waals surface area (Å²) in [5.74, 6) is 0.716. The average molecular weight is 349 g/mol. The summed E-state index contributed by atoms with van der Waals surface area (Å²) in [5.41, 5.74) is 0. The minimum absolute atomic E-state index is 0.0161. The van der Waals surface area contributed by atoms with Gasteiger partial charge in [-0.3, -0.25) is 0 Å². The zero-order valence-corrected chi connectivity index (χ0v) is 13.0. The van der Waals surface area contributed by atoms with Gasteiger partial charge in [-0.1, -0.05) is 23.2 Å². The SMILES string of the molecule is COc1cc(O)ccc1Oc1c(Cl)cc(S(=O)O)cc1Cl. The first kappa shape index (κ1) is 15.9. The highest BCUT2D eigenvalue weighted by Gasteiger charge is 2.15. The molecule has 21 heavy (non-hydrogen) atoms. The van der Waals surface area contributed by atoms with Crippen LogP contribution in [0.25, 0.3) is 0 Å². The molecule has 1 atom stereocenters. The minimum Gasteiger partial charge on any atom is -0.508 e. The second-order valence-electron chi connectivity index (χ2n) is 3.90. The number of methoxy groups -OCH3 is 1. The van der Waals surface area contributed by atoms with E-state index in [2.05, 4.69) is 0 Å². The molecule has 2 N–H and O–H groups in total. The van der Waals surface area contributed by atoms with E-state index in [-0.39, 0.29) is 37.9 Å². The van der Waals surface area contributed by atoms with Crippen LogP contribution < -0.4 is 9.47 Å². The highest BCUT2D eigenvalue weighted by molar-refractivity contribution is 7.79. The first-order valence-electron chi connectivity index (χ1n) is 5.57. The third-order valence-electron chi connectivity index (χ3n) is 2.53. The molecule has 0 aromatic heterocycles. The van der Waals surface area contributed by atoms with Gasteiger partial charge < -0.3 is 19.1 Å². The second-order valence-corrected chi connectivity index (χ2v) is 5.69. The van der Waals surface area contributed by atoms with Crippen LogP contribution in [0, 0.1) is 0 Å². The second kappa shape index (κ2) is 6.53. The normalized spacial score (nSPS) is 12.0. The van der Waals surface area contributed by atoms with Crippen molar-refractivity contribution in [1.29, 1.82) is 0 Å². The molecule has 0 saturated heterocycles. The molecular weight excluding hydrogens is 339 g/mol. The van der Waals surface area contributed by atoms with Crippen LogP contribution in [0.3, 0.4) is 0 Å². The molecule has 2 aromatic carbocycles. The van der Waals surface area contributed by atoms with Crippen molar-refractivity contribution in [3.05, 3.63) is 40.4 Å². The summed E-state index contributed by atoms with van der Waals surface area (Å²) in [4.78, 5) is 0.0648. The molecule has 112 valence electrons. The largest absolute Gasteiger partial charge is 0.508 e. The van der Waals surface area contributed by atoms with Gasteiger partial charge in [0, 0.05) is 6.07 Å². The van der Waals surface area contributed by atoms with Crippen molar-refractivity contribution in [3.8, 4) is 23.0 Å². The lowest BCUT2D eigenvalue weighted by atomic mass is 10.3. The Kier molecular flexibility index (Phi) is 4.95. The summed E-state index contributed by atoms with van der Waals surface area (Å²) < 4.78 is 30.7. The molecule has 8 heteroatoms. The summed E-state index contributed by atoms with van der Waals surface area (Å²) in [7, 11) is 1.42. The van der Waals surface area contributed by atoms with Crippen LogP contribution in [0.1, 0.15) is 0 Å². The van der Waals surface area contributed by atoms with Crippen LogP contribution in [0.4, 0.5) is 0 Å². The van der Waals surface area contributed by atoms with Crippen molar-refractivity contribution >= 4 is 34.3 Å². The number of halogens is 2. The maximum Gasteiger partial charge on any atom is 0.186 e. The van der Waals surface area contributed by atoms with E-state index in [1.807, 2.05) is 0 Å². The highest BCUT2D eigenvalue weighted by Crippen LogP contribution is 2.41. The summed E-state index contributed by atoms with van der Waals surface area (Å²) in [5, 5.41) is 9.55. The van der Waals surface area contributed by atoms with Crippen LogP contribution in [-0.2, 0) is 11.1 Å². The maximum absolute atomic E-state index is 11.0. The monoisotopic (exact) mass is 348 g/mol. The Hall–Kier alpha value is -1.47. The molecule has 0 aliphatic carbocycles. The molecule has 0 amide bonds. The molecule has 2 aromatic rings. The Labute approximate surface area is 133 Å². The standard InChI is InChI=1S/C13H10Cl2O5S/c1-19-12-4-7(16)2-3-11(12)20-13-9(14)5-8(21(17)18)6-10(13)15/h2-6,16H,1H3,(H,17,18). The number of phenolic OH excluding ortho intramolecular Hbond substituents is 1. The van der Waals surface area contributed by atoms with Crippen molar-refractivity contribution in [3.63, 3.8) is 0 Å². The molecule has 0 heterocycles. The number of aromatic hydroxyl groups is 1. The minimum atomic E-state index is -2.20. The van der Waals surface area contributed by atoms with Gasteiger partial charge in [0.05, 0.1) is 22.1 Å². The van der Waals surface area contributed by atoms with E-state index >= 15 is 0 Å². The molecule has 0 aliphatic rings. The Bertz CT molecular complexity index is 682. The highest BCUT2D eigenvalue weighted by atomic mass is 35.5. The lowest BCUT2D eigenvalue weighted by molar-refractivity contribution is 0.374. The van der Waals surface area contributed by atoms with Crippen LogP contribution >= 0.6 is 23.2 Å². The quantitative estimate of drug-likeness (QED) is 0.814. The molecule has 0 fully saturated rings. The van der Waals surface area contributed by atoms with Crippen molar-refractivity contribution in [2.45, 2.75) is 4.90 Å². The molecule has 2 rings (SSSR count). The first-order chi connectivity index (χ1) is 9.92. The van der Waals surface area contributed by atoms with Gasteiger partial charge in [-0.15, -0.1) is 0 Å². The van der Waals surface area contributed by atoms with Gasteiger partial charge in [-0.05, 0) is 24.3 Å². The third kappa shape index (κ3) is 3.59. The number of benzene rings is 2. The molecular formula is C13H10Cl2O5S. The zero-order valence-electron chi connectivity index (χ0n) is 10.7. The van der Waals surface area contributed by atoms with Gasteiger partial charge >= 0.3 is 0 Å². The molecule has 0 bridgehead atoms. The Morgan fingerprint density at radius 2 is 1.71 bits per heavy atom. The van der Waals surface area contributed by atoms with Crippen molar-refractivity contribution < 1.29 is 23.3 Å². The predicted molar refractivity (Wildman–Crippen MR) is 80.2 cm³/mol. The summed E-state index contributed by atoms with van der Waals surface area (Å²) in [6.07, 6.45) is 0. The number of phenols is 1. The number of rotatable bonds is 4. The van der Waals surface area contributed by atoms with E-state index in [0.717, 1.165) is 0 Å². The van der Waals surface area contributed by atoms with Gasteiger partial charge in [0.25, 0.3) is 0 Å². The van der Waals surface area contributed by atoms with Crippen molar-refractivity contribution in [2.24, 2.45) is 0 Å². The van der Waals surface area contributed by atoms with E-state index in [9.17, 15) is 9.32 Å². The van der Waals surface area contributed by atoms with Crippen LogP contribution in [-0.4, -0.2) is 21.0 Å². The summed E-state index contributed by atoms with van der Waals surface area (Å²) in [6.45, 7) is 0. The third-order valence-corrected chi connectivity index (χ3v) is 3.73. The van der Waals surface area contributed by atoms with E-state index < -0.39 is 11.1 Å². The van der Waals surface area contributed by atoms with Crippen LogP contribution in [0.15, 0.2) is 35.2 Å². The lowest BCUT2D eigenvalue weighted by Gasteiger charge is -2.13. The molecule has 0 spiro atoms. The lowest BCUT2D eigenvalue weighted by Crippen LogP contribution is -1.94. The van der Waals surface area contributed by atoms with Gasteiger partial charge in [0.1, 0.15) is 5.75 Å².